The van der Waals surface area contributed by atoms with E-state index in [0.29, 0.717) is 11.5 Å². The van der Waals surface area contributed by atoms with Crippen molar-refractivity contribution >= 4 is 32.3 Å². The molecule has 0 saturated carbocycles. The van der Waals surface area contributed by atoms with Gasteiger partial charge in [-0.25, -0.2) is 0 Å². The van der Waals surface area contributed by atoms with E-state index in [1.165, 1.54) is 5.39 Å². The van der Waals surface area contributed by atoms with Crippen LogP contribution in [0.15, 0.2) is 103 Å². The molecule has 2 N–H and O–H groups in total. The zero-order valence-corrected chi connectivity index (χ0v) is 18.2. The van der Waals surface area contributed by atoms with Gasteiger partial charge in [-0.2, -0.15) is 0 Å². The molecule has 0 fully saturated rings. The van der Waals surface area contributed by atoms with Crippen LogP contribution in [0, 0.1) is 0 Å². The van der Waals surface area contributed by atoms with E-state index in [2.05, 4.69) is 42.5 Å². The van der Waals surface area contributed by atoms with Crippen LogP contribution in [0.5, 0.6) is 23.0 Å². The topological polar surface area (TPSA) is 49.7 Å². The maximum Gasteiger partial charge on any atom is 0.174 e. The number of aromatic hydroxyl groups is 2. The van der Waals surface area contributed by atoms with E-state index < -0.39 is 0 Å². The van der Waals surface area contributed by atoms with Gasteiger partial charge < -0.3 is 14.9 Å². The van der Waals surface area contributed by atoms with Crippen molar-refractivity contribution in [3.05, 3.63) is 120 Å². The summed E-state index contributed by atoms with van der Waals surface area (Å²) in [5.41, 5.74) is 2.90. The number of hydrogen-bond donors (Lipinski definition) is 2. The minimum absolute atomic E-state index is 0.0673. The highest BCUT2D eigenvalue weighted by Gasteiger charge is 2.35. The normalized spacial score (nSPS) is 13.1. The molecule has 1 aliphatic rings. The molecule has 34 heavy (non-hydrogen) atoms. The highest BCUT2D eigenvalue weighted by atomic mass is 16.5. The number of ether oxygens (including phenoxy) is 1. The summed E-state index contributed by atoms with van der Waals surface area (Å²) in [6.07, 6.45) is 0. The van der Waals surface area contributed by atoms with Crippen LogP contribution in [0.25, 0.3) is 32.3 Å². The Kier molecular flexibility index (Phi) is 3.91. The second-order valence-corrected chi connectivity index (χ2v) is 8.86. The molecule has 0 amide bonds. The molecule has 3 heteroatoms. The molecular weight excluding hydrogens is 420 g/mol. The summed E-state index contributed by atoms with van der Waals surface area (Å²) in [4.78, 5) is 0. The predicted molar refractivity (Wildman–Crippen MR) is 136 cm³/mol. The van der Waals surface area contributed by atoms with Crippen LogP contribution in [0.1, 0.15) is 22.6 Å². The van der Waals surface area contributed by atoms with Crippen molar-refractivity contribution in [3.63, 3.8) is 0 Å². The van der Waals surface area contributed by atoms with Crippen molar-refractivity contribution in [1.82, 2.24) is 0 Å². The maximum atomic E-state index is 11.0. The second kappa shape index (κ2) is 7.00. The zero-order chi connectivity index (χ0) is 22.8. The Labute approximate surface area is 196 Å². The SMILES string of the molecule is Oc1cc2ccccc2c2c1Oc1c(O)cc3ccccc3c1C2c1ccc2ccccc2c1. The molecule has 6 aromatic rings. The lowest BCUT2D eigenvalue weighted by Gasteiger charge is -2.32. The molecule has 7 rings (SSSR count). The quantitative estimate of drug-likeness (QED) is 0.273. The highest BCUT2D eigenvalue weighted by molar-refractivity contribution is 5.98. The second-order valence-electron chi connectivity index (χ2n) is 8.86. The minimum atomic E-state index is -0.239. The molecule has 162 valence electrons. The first kappa shape index (κ1) is 19.0. The molecule has 0 unspecified atom stereocenters. The molecule has 3 nitrogen and oxygen atoms in total. The van der Waals surface area contributed by atoms with Crippen LogP contribution >= 0.6 is 0 Å². The Morgan fingerprint density at radius 2 is 1.00 bits per heavy atom. The Hall–Kier alpha value is -4.50. The van der Waals surface area contributed by atoms with Gasteiger partial charge in [0.05, 0.1) is 0 Å². The van der Waals surface area contributed by atoms with Crippen LogP contribution in [0.4, 0.5) is 0 Å². The maximum absolute atomic E-state index is 11.0. The summed E-state index contributed by atoms with van der Waals surface area (Å²) in [5, 5.41) is 28.3. The van der Waals surface area contributed by atoms with Gasteiger partial charge >= 0.3 is 0 Å². The molecule has 6 aromatic carbocycles. The van der Waals surface area contributed by atoms with Gasteiger partial charge in [0.15, 0.2) is 23.0 Å². The third-order valence-corrected chi connectivity index (χ3v) is 6.93. The molecular formula is C31H20O3. The fourth-order valence-electron chi connectivity index (χ4n) is 5.44. The van der Waals surface area contributed by atoms with Gasteiger partial charge in [-0.15, -0.1) is 0 Å². The van der Waals surface area contributed by atoms with Gasteiger partial charge in [0.2, 0.25) is 0 Å². The smallest absolute Gasteiger partial charge is 0.174 e. The first-order chi connectivity index (χ1) is 16.7. The van der Waals surface area contributed by atoms with E-state index in [9.17, 15) is 10.2 Å². The largest absolute Gasteiger partial charge is 0.504 e. The molecule has 1 aliphatic heterocycles. The Balaban J connectivity index is 1.65. The number of benzene rings is 6. The molecule has 1 heterocycles. The molecule has 0 saturated heterocycles. The van der Waals surface area contributed by atoms with Gasteiger partial charge in [-0.1, -0.05) is 91.0 Å². The third kappa shape index (κ3) is 2.64. The molecule has 0 bridgehead atoms. The van der Waals surface area contributed by atoms with Crippen LogP contribution in [-0.4, -0.2) is 10.2 Å². The van der Waals surface area contributed by atoms with Gasteiger partial charge in [-0.3, -0.25) is 0 Å². The number of fused-ring (bicyclic) bond motifs is 7. The van der Waals surface area contributed by atoms with E-state index in [1.54, 1.807) is 12.1 Å². The van der Waals surface area contributed by atoms with Crippen molar-refractivity contribution in [1.29, 1.82) is 0 Å². The lowest BCUT2D eigenvalue weighted by molar-refractivity contribution is 0.372. The van der Waals surface area contributed by atoms with E-state index in [1.807, 2.05) is 48.5 Å². The highest BCUT2D eigenvalue weighted by Crippen LogP contribution is 2.57. The fourth-order valence-corrected chi connectivity index (χ4v) is 5.44. The predicted octanol–water partition coefficient (Wildman–Crippen LogP) is 7.84. The first-order valence-electron chi connectivity index (χ1n) is 11.3. The molecule has 0 radical (unpaired) electrons. The van der Waals surface area contributed by atoms with Gasteiger partial charge in [-0.05, 0) is 50.0 Å². The van der Waals surface area contributed by atoms with Crippen molar-refractivity contribution in [3.8, 4) is 23.0 Å². The molecule has 0 spiro atoms. The van der Waals surface area contributed by atoms with Crippen molar-refractivity contribution < 1.29 is 14.9 Å². The number of phenolic OH excluding ortho intramolecular Hbond substituents is 2. The van der Waals surface area contributed by atoms with Gasteiger partial charge in [0.25, 0.3) is 0 Å². The fraction of sp³-hybridized carbons (Fsp3) is 0.0323. The Morgan fingerprint density at radius 3 is 1.59 bits per heavy atom. The first-order valence-corrected chi connectivity index (χ1v) is 11.3. The molecule has 0 atom stereocenters. The van der Waals surface area contributed by atoms with E-state index in [0.717, 1.165) is 43.6 Å². The number of phenols is 2. The summed E-state index contributed by atoms with van der Waals surface area (Å²) in [5.74, 6) is 0.692. The average molecular weight is 440 g/mol. The number of hydrogen-bond acceptors (Lipinski definition) is 3. The number of rotatable bonds is 1. The van der Waals surface area contributed by atoms with Crippen molar-refractivity contribution in [2.45, 2.75) is 5.92 Å². The van der Waals surface area contributed by atoms with Gasteiger partial charge in [0.1, 0.15) is 0 Å². The van der Waals surface area contributed by atoms with E-state index >= 15 is 0 Å². The van der Waals surface area contributed by atoms with Crippen LogP contribution in [0.2, 0.25) is 0 Å². The molecule has 0 aromatic heterocycles. The minimum Gasteiger partial charge on any atom is -0.504 e. The standard InChI is InChI=1S/C31H20O3/c32-25-16-20-9-3-5-11-23(20)28-27(22-14-13-18-7-1-2-8-19(18)15-22)29-24-12-6-4-10-21(24)17-26(33)31(29)34-30(25)28/h1-17,27,32-33H. The van der Waals surface area contributed by atoms with Crippen molar-refractivity contribution in [2.75, 3.05) is 0 Å². The Morgan fingerprint density at radius 1 is 0.500 bits per heavy atom. The van der Waals surface area contributed by atoms with Crippen LogP contribution < -0.4 is 4.74 Å². The van der Waals surface area contributed by atoms with Gasteiger partial charge in [0, 0.05) is 17.0 Å². The monoisotopic (exact) mass is 440 g/mol. The zero-order valence-electron chi connectivity index (χ0n) is 18.2. The van der Waals surface area contributed by atoms with Crippen LogP contribution in [0.3, 0.4) is 0 Å². The van der Waals surface area contributed by atoms with E-state index in [-0.39, 0.29) is 17.4 Å². The van der Waals surface area contributed by atoms with Crippen molar-refractivity contribution in [2.24, 2.45) is 0 Å². The summed E-state index contributed by atoms with van der Waals surface area (Å²) < 4.78 is 6.29. The summed E-state index contributed by atoms with van der Waals surface area (Å²) in [6, 6.07) is 34.3. The molecule has 0 aliphatic carbocycles. The van der Waals surface area contributed by atoms with Crippen LogP contribution in [-0.2, 0) is 0 Å². The summed E-state index contributed by atoms with van der Waals surface area (Å²) >= 11 is 0. The third-order valence-electron chi connectivity index (χ3n) is 6.93. The summed E-state index contributed by atoms with van der Waals surface area (Å²) in [6.45, 7) is 0. The Bertz CT molecular complexity index is 1680. The summed E-state index contributed by atoms with van der Waals surface area (Å²) in [7, 11) is 0. The lowest BCUT2D eigenvalue weighted by atomic mass is 9.77. The average Bonchev–Trinajstić information content (AvgIpc) is 2.87. The lowest BCUT2D eigenvalue weighted by Crippen LogP contribution is -2.13. The van der Waals surface area contributed by atoms with E-state index in [4.69, 9.17) is 4.74 Å².